The van der Waals surface area contributed by atoms with E-state index in [1.807, 2.05) is 0 Å². The summed E-state index contributed by atoms with van der Waals surface area (Å²) in [5, 5.41) is 364. The molecule has 131 heavy (non-hydrogen) atoms. The van der Waals surface area contributed by atoms with E-state index < -0.39 is 427 Å². The maximum Gasteiger partial charge on any atom is 0.217 e. The van der Waals surface area contributed by atoms with Crippen molar-refractivity contribution < 1.29 is 272 Å². The Hall–Kier alpha value is -3.18. The highest BCUT2D eigenvalue weighted by Gasteiger charge is 2.63. The first-order valence-electron chi connectivity index (χ1n) is 42.2. The summed E-state index contributed by atoms with van der Waals surface area (Å²) in [6.45, 7) is -5.42. The molecule has 11 saturated heterocycles. The molecule has 11 aliphatic rings. The number of nitrogens with one attached hydrogen (secondary N) is 2. The molecule has 34 N–H and O–H groups in total. The largest absolute Gasteiger partial charge is 0.394 e. The topological polar surface area (TPSA) is 899 Å². The number of carbonyl (C=O) groups is 2. The molecule has 0 aromatic heterocycles. The minimum absolute atomic E-state index is 0.662. The van der Waals surface area contributed by atoms with Crippen LogP contribution in [0.3, 0.4) is 0 Å². The molecule has 11 aliphatic heterocycles. The third kappa shape index (κ3) is 23.4. The zero-order valence-corrected chi connectivity index (χ0v) is 70.7. The summed E-state index contributed by atoms with van der Waals surface area (Å²) < 4.78 is 125. The first kappa shape index (κ1) is 108. The van der Waals surface area contributed by atoms with Gasteiger partial charge in [-0.05, 0) is 5.41 Å². The molecule has 57 nitrogen and oxygen atoms in total. The highest BCUT2D eigenvalue weighted by atomic mass is 16.8. The fourth-order valence-corrected chi connectivity index (χ4v) is 17.2. The van der Waals surface area contributed by atoms with Crippen LogP contribution in [0.4, 0.5) is 0 Å². The normalized spacial score (nSPS) is 50.9. The van der Waals surface area contributed by atoms with E-state index in [-0.39, 0.29) is 0 Å². The lowest BCUT2D eigenvalue weighted by atomic mass is 9.78. The summed E-state index contributed by atoms with van der Waals surface area (Å²) >= 11 is 0. The maximum absolute atomic E-state index is 13.3. The summed E-state index contributed by atoms with van der Waals surface area (Å²) in [5.41, 5.74) is -0.872. The summed E-state index contributed by atoms with van der Waals surface area (Å²) in [4.78, 5) is 25.9. The Balaban J connectivity index is 0.966. The smallest absolute Gasteiger partial charge is 0.217 e. The van der Waals surface area contributed by atoms with Crippen LogP contribution >= 0.6 is 0 Å². The molecular weight excluding hydrogens is 1800 g/mol. The lowest BCUT2D eigenvalue weighted by Crippen LogP contribution is -2.71. The number of hydrogen-bond acceptors (Lipinski definition) is 55. The van der Waals surface area contributed by atoms with Gasteiger partial charge >= 0.3 is 0 Å². The fraction of sp³-hybridized carbons (Fsp3) is 0.973. The predicted molar refractivity (Wildman–Crippen MR) is 403 cm³/mol. The van der Waals surface area contributed by atoms with Crippen molar-refractivity contribution in [1.82, 2.24) is 10.6 Å². The van der Waals surface area contributed by atoms with Gasteiger partial charge < -0.3 is 274 Å². The number of amides is 2. The van der Waals surface area contributed by atoms with Crippen molar-refractivity contribution in [2.24, 2.45) is 5.41 Å². The lowest BCUT2D eigenvalue weighted by Gasteiger charge is -2.52. The summed E-state index contributed by atoms with van der Waals surface area (Å²) in [6, 6.07) is -3.26. The van der Waals surface area contributed by atoms with E-state index >= 15 is 0 Å². The molecule has 11 rings (SSSR count). The second-order valence-electron chi connectivity index (χ2n) is 34.7. The third-order valence-corrected chi connectivity index (χ3v) is 24.7. The van der Waals surface area contributed by atoms with Crippen molar-refractivity contribution in [1.29, 1.82) is 0 Å². The first-order valence-corrected chi connectivity index (χ1v) is 42.2. The van der Waals surface area contributed by atoms with E-state index in [1.54, 1.807) is 20.8 Å². The van der Waals surface area contributed by atoms with Gasteiger partial charge in [0.2, 0.25) is 11.8 Å². The minimum atomic E-state index is -2.68. The van der Waals surface area contributed by atoms with Crippen LogP contribution in [0.1, 0.15) is 34.6 Å². The quantitative estimate of drug-likeness (QED) is 0.0290. The van der Waals surface area contributed by atoms with Crippen molar-refractivity contribution in [3.63, 3.8) is 0 Å². The van der Waals surface area contributed by atoms with Crippen molar-refractivity contribution in [2.45, 2.75) is 372 Å². The molecule has 0 saturated carbocycles. The van der Waals surface area contributed by atoms with Gasteiger partial charge in [-0.15, -0.1) is 0 Å². The van der Waals surface area contributed by atoms with E-state index in [9.17, 15) is 173 Å². The summed E-state index contributed by atoms with van der Waals surface area (Å²) in [7, 11) is 0. The molecule has 762 valence electrons. The van der Waals surface area contributed by atoms with E-state index in [2.05, 4.69) is 10.6 Å². The van der Waals surface area contributed by atoms with Gasteiger partial charge in [-0.25, -0.2) is 0 Å². The van der Waals surface area contributed by atoms with Crippen LogP contribution in [0, 0.1) is 5.41 Å². The maximum atomic E-state index is 13.3. The van der Waals surface area contributed by atoms with Crippen molar-refractivity contribution in [3.05, 3.63) is 0 Å². The van der Waals surface area contributed by atoms with Gasteiger partial charge in [0, 0.05) is 13.8 Å². The van der Waals surface area contributed by atoms with E-state index in [4.69, 9.17) is 99.5 Å². The number of hydrogen-bond donors (Lipinski definition) is 34. The molecule has 0 spiro atoms. The lowest BCUT2D eigenvalue weighted by molar-refractivity contribution is -0.408. The van der Waals surface area contributed by atoms with Crippen LogP contribution in [-0.4, -0.2) is 585 Å². The van der Waals surface area contributed by atoms with Crippen LogP contribution in [0.15, 0.2) is 0 Å². The fourth-order valence-electron chi connectivity index (χ4n) is 17.2. The molecule has 0 aliphatic carbocycles. The van der Waals surface area contributed by atoms with Gasteiger partial charge in [-0.1, -0.05) is 20.8 Å². The Morgan fingerprint density at radius 3 is 0.786 bits per heavy atom. The second-order valence-corrected chi connectivity index (χ2v) is 34.7. The molecule has 57 heteroatoms. The Morgan fingerprint density at radius 2 is 0.450 bits per heavy atom. The minimum Gasteiger partial charge on any atom is -0.394 e. The first-order chi connectivity index (χ1) is 61.9. The highest BCUT2D eigenvalue weighted by molar-refractivity contribution is 5.73. The molecule has 0 bridgehead atoms. The zero-order valence-electron chi connectivity index (χ0n) is 70.7. The molecule has 0 aromatic carbocycles. The van der Waals surface area contributed by atoms with Crippen LogP contribution in [0.2, 0.25) is 0 Å². The summed E-state index contributed by atoms with van der Waals surface area (Å²) in [5.74, 6) is -1.62. The van der Waals surface area contributed by atoms with Gasteiger partial charge in [0.15, 0.2) is 62.9 Å². The van der Waals surface area contributed by atoms with Crippen LogP contribution in [0.25, 0.3) is 0 Å². The molecule has 2 amide bonds. The third-order valence-electron chi connectivity index (χ3n) is 24.7. The SMILES string of the molecule is CC(=O)NC1[C@H](O[C@@H]2C(CO)O[C@@H](C(C)(C)C)C(NC(C)=O)[C@H]2O)OC(CO)[C@@H](O[C@@H]2OC(CO[C@H]3OC(CO[C@H]4OC(CO)[C@@H](O)[C@H](O)C4O[C@H]4OC(CO)[C@@H](O)[C@H](O)C4O)[C@@H](O)[C@H](O[C@H]4O[C@@H](CO)[C@@H](O)C(O)C4O[C@H]4O[C@@H](CO)[C@@H](O)C(O)C4O)C3O)[C@@H](O)[C@H](O[C@H]3O[C@@H](CO)[C@@H](O)C(O)C3O[C@H]3O[C@@H](CO)[C@@H](O)C(O)C3O[C@H]3O[C@@H](CO)[C@@H](O)C(O)C3O)C2O)[C@@H]1O. The van der Waals surface area contributed by atoms with Gasteiger partial charge in [-0.3, -0.25) is 9.59 Å². The molecule has 0 radical (unpaired) electrons. The Bertz CT molecular complexity index is 3490. The molecular formula is C74H126N2O55. The molecule has 55 atom stereocenters. The molecule has 11 heterocycles. The number of ether oxygens (including phenoxy) is 21. The van der Waals surface area contributed by atoms with Crippen LogP contribution in [-0.2, 0) is 109 Å². The Morgan fingerprint density at radius 1 is 0.221 bits per heavy atom. The van der Waals surface area contributed by atoms with Gasteiger partial charge in [-0.2, -0.15) is 0 Å². The molecule has 22 unspecified atom stereocenters. The van der Waals surface area contributed by atoms with Crippen LogP contribution in [0.5, 0.6) is 0 Å². The Kier molecular flexibility index (Phi) is 38.4. The predicted octanol–water partition coefficient (Wildman–Crippen LogP) is -22.6. The number of carbonyl (C=O) groups excluding carboxylic acids is 2. The van der Waals surface area contributed by atoms with Crippen molar-refractivity contribution in [2.75, 3.05) is 72.7 Å². The van der Waals surface area contributed by atoms with Gasteiger partial charge in [0.1, 0.15) is 262 Å². The van der Waals surface area contributed by atoms with E-state index in [1.165, 1.54) is 0 Å². The number of rotatable bonds is 33. The molecule has 11 fully saturated rings. The van der Waals surface area contributed by atoms with Crippen molar-refractivity contribution >= 4 is 11.8 Å². The molecule has 0 aromatic rings. The van der Waals surface area contributed by atoms with Gasteiger partial charge in [0.25, 0.3) is 0 Å². The number of aliphatic hydroxyl groups excluding tert-OH is 32. The van der Waals surface area contributed by atoms with Crippen molar-refractivity contribution in [3.8, 4) is 0 Å². The average Bonchev–Trinajstić information content (AvgIpc) is 0.750. The second kappa shape index (κ2) is 46.5. The van der Waals surface area contributed by atoms with Gasteiger partial charge in [0.05, 0.1) is 84.8 Å². The van der Waals surface area contributed by atoms with Crippen LogP contribution < -0.4 is 10.6 Å². The number of aliphatic hydroxyl groups is 32. The monoisotopic (exact) mass is 1920 g/mol. The highest BCUT2D eigenvalue weighted by Crippen LogP contribution is 2.43. The summed E-state index contributed by atoms with van der Waals surface area (Å²) in [6.07, 6.45) is -115. The Labute approximate surface area is 743 Å². The zero-order chi connectivity index (χ0) is 96.5. The van der Waals surface area contributed by atoms with E-state index in [0.717, 1.165) is 13.8 Å². The average molecular weight is 1920 g/mol. The standard InChI is InChI=1S/C74H126N2O55/c1-17(86)75-30-41(97)55(26(13-84)113-63(30)74(3,4)5)124-64-31(76-18(2)87)42(98)56(27(14-85)121-64)125-69-54(110)58(127-72-62(49(105)38(94)24(11-82)119-72)131-73-61(48(104)37(93)25(12-83)120-73)130-68-52(108)45(101)34(90)21(8-79)116-68)40(96)29(123-69)15-111-65-53(109)57(126-71-60(47(103)36(92)23(10-81)118-71)129-67-51(107)44(100)33(89)20(7-78)115-67)39(95)28(122-65)16-112-70-59(46(102)35(91)22(9-80)117-70)128-66-50(106)43(99)32(88)19(6-77)114-66/h19-73,77-85,88-110H,6-16H2,1-5H3,(H,75,86)(H,76,87)/t19?,20-,21-,22?,23-,24-,25-,26?,27?,28?,29?,30?,31?,32+,33+,34+,35+,36+,37+,38+,39+,40+,41+,42+,43-,44?,45?,46-,47?,48?,49?,50?,51?,52?,53?,54?,55+,56+,57-,58-,59?,60?,61?,62?,63+,64-,65-,66+,67+,68+,69-,70-,71+,72+,73+/m0/s1. The van der Waals surface area contributed by atoms with E-state index in [0.29, 0.717) is 0 Å².